The molecule has 2 rings (SSSR count). The zero-order valence-corrected chi connectivity index (χ0v) is 8.69. The third kappa shape index (κ3) is 1.71. The highest BCUT2D eigenvalue weighted by Crippen LogP contribution is 2.23. The van der Waals surface area contributed by atoms with E-state index in [-0.39, 0.29) is 0 Å². The van der Waals surface area contributed by atoms with Crippen LogP contribution in [0.1, 0.15) is 5.69 Å². The highest BCUT2D eigenvalue weighted by atomic mass is 32.1. The van der Waals surface area contributed by atoms with E-state index in [0.29, 0.717) is 11.6 Å². The second-order valence-corrected chi connectivity index (χ2v) is 3.61. The van der Waals surface area contributed by atoms with Crippen molar-refractivity contribution in [3.05, 3.63) is 23.3 Å². The Kier molecular flexibility index (Phi) is 2.42. The van der Waals surface area contributed by atoms with Gasteiger partial charge in [0, 0.05) is 17.7 Å². The third-order valence-electron chi connectivity index (χ3n) is 1.84. The molecular formula is C9H8N2O3S. The van der Waals surface area contributed by atoms with E-state index in [0.717, 1.165) is 11.0 Å². The molecule has 0 amide bonds. The van der Waals surface area contributed by atoms with Crippen LogP contribution in [0.25, 0.3) is 11.0 Å². The van der Waals surface area contributed by atoms with Crippen molar-refractivity contribution in [2.24, 2.45) is 0 Å². The van der Waals surface area contributed by atoms with E-state index >= 15 is 0 Å². The van der Waals surface area contributed by atoms with Gasteiger partial charge in [-0.1, -0.05) is 0 Å². The van der Waals surface area contributed by atoms with Gasteiger partial charge in [-0.15, -0.1) is 11.3 Å². The lowest BCUT2D eigenvalue weighted by Gasteiger charge is -1.95. The summed E-state index contributed by atoms with van der Waals surface area (Å²) in [5.74, 6) is -0.568. The van der Waals surface area contributed by atoms with Gasteiger partial charge in [0.25, 0.3) is 0 Å². The van der Waals surface area contributed by atoms with E-state index in [9.17, 15) is 4.79 Å². The molecule has 0 spiro atoms. The molecule has 0 radical (unpaired) electrons. The smallest absolute Gasteiger partial charge is 0.328 e. The van der Waals surface area contributed by atoms with Crippen molar-refractivity contribution in [3.8, 4) is 5.88 Å². The fraction of sp³-hybridized carbons (Fsp3) is 0.111. The predicted molar refractivity (Wildman–Crippen MR) is 56.3 cm³/mol. The summed E-state index contributed by atoms with van der Waals surface area (Å²) >= 11 is 1.46. The monoisotopic (exact) mass is 224 g/mol. The van der Waals surface area contributed by atoms with Crippen molar-refractivity contribution in [1.29, 1.82) is 0 Å². The molecule has 0 atom stereocenters. The lowest BCUT2D eigenvalue weighted by molar-refractivity contribution is -0.131. The van der Waals surface area contributed by atoms with Gasteiger partial charge in [-0.25, -0.2) is 4.79 Å². The molecule has 2 heterocycles. The zero-order chi connectivity index (χ0) is 10.8. The van der Waals surface area contributed by atoms with Crippen LogP contribution in [0.15, 0.2) is 17.7 Å². The number of nitrogens with zero attached hydrogens (tertiary/aromatic N) is 2. The molecule has 1 N–H and O–H groups in total. The van der Waals surface area contributed by atoms with E-state index in [1.807, 2.05) is 11.6 Å². The fourth-order valence-corrected chi connectivity index (χ4v) is 1.95. The van der Waals surface area contributed by atoms with Crippen molar-refractivity contribution < 1.29 is 14.6 Å². The van der Waals surface area contributed by atoms with Crippen molar-refractivity contribution in [2.75, 3.05) is 7.11 Å². The number of thiazole rings is 1. The molecular weight excluding hydrogens is 216 g/mol. The molecule has 15 heavy (non-hydrogen) atoms. The molecule has 78 valence electrons. The first-order valence-corrected chi connectivity index (χ1v) is 5.01. The van der Waals surface area contributed by atoms with Gasteiger partial charge in [0.15, 0.2) is 4.96 Å². The minimum absolute atomic E-state index is 0.430. The molecule has 0 aliphatic rings. The third-order valence-corrected chi connectivity index (χ3v) is 2.60. The maximum atomic E-state index is 10.4. The zero-order valence-electron chi connectivity index (χ0n) is 7.88. The van der Waals surface area contributed by atoms with Crippen LogP contribution in [0.4, 0.5) is 0 Å². The number of carboxylic acids is 1. The number of fused-ring (bicyclic) bond motifs is 1. The summed E-state index contributed by atoms with van der Waals surface area (Å²) in [6.07, 6.45) is 4.34. The lowest BCUT2D eigenvalue weighted by atomic mass is 10.4. The van der Waals surface area contributed by atoms with Gasteiger partial charge >= 0.3 is 5.97 Å². The molecule has 0 saturated carbocycles. The molecule has 0 fully saturated rings. The van der Waals surface area contributed by atoms with Crippen LogP contribution in [0.2, 0.25) is 0 Å². The summed E-state index contributed by atoms with van der Waals surface area (Å²) in [6.45, 7) is 0. The molecule has 2 aromatic rings. The number of aromatic nitrogens is 2. The summed E-state index contributed by atoms with van der Waals surface area (Å²) in [7, 11) is 1.50. The van der Waals surface area contributed by atoms with Crippen molar-refractivity contribution in [3.63, 3.8) is 0 Å². The number of imidazole rings is 1. The first-order chi connectivity index (χ1) is 7.22. The molecule has 2 aromatic heterocycles. The van der Waals surface area contributed by atoms with E-state index in [1.165, 1.54) is 24.5 Å². The number of hydrogen-bond acceptors (Lipinski definition) is 4. The molecule has 6 heteroatoms. The van der Waals surface area contributed by atoms with Crippen molar-refractivity contribution in [2.45, 2.75) is 0 Å². The van der Waals surface area contributed by atoms with E-state index < -0.39 is 5.97 Å². The van der Waals surface area contributed by atoms with Gasteiger partial charge in [-0.3, -0.25) is 4.40 Å². The lowest BCUT2D eigenvalue weighted by Crippen LogP contribution is -1.90. The highest BCUT2D eigenvalue weighted by Gasteiger charge is 2.10. The molecule has 0 unspecified atom stereocenters. The van der Waals surface area contributed by atoms with Crippen molar-refractivity contribution in [1.82, 2.24) is 9.38 Å². The summed E-state index contributed by atoms with van der Waals surface area (Å²) in [5, 5.41) is 10.4. The maximum Gasteiger partial charge on any atom is 0.328 e. The highest BCUT2D eigenvalue weighted by molar-refractivity contribution is 7.15. The van der Waals surface area contributed by atoms with Crippen LogP contribution in [0, 0.1) is 0 Å². The van der Waals surface area contributed by atoms with E-state index in [4.69, 9.17) is 9.84 Å². The Hall–Kier alpha value is -1.82. The summed E-state index contributed by atoms with van der Waals surface area (Å²) in [4.78, 5) is 15.4. The van der Waals surface area contributed by atoms with Gasteiger partial charge in [0.2, 0.25) is 5.88 Å². The van der Waals surface area contributed by atoms with Crippen LogP contribution in [-0.2, 0) is 4.79 Å². The minimum atomic E-state index is -0.998. The predicted octanol–water partition coefficient (Wildman–Crippen LogP) is 1.50. The number of carbonyl (C=O) groups is 1. The van der Waals surface area contributed by atoms with Crippen LogP contribution in [0.5, 0.6) is 5.88 Å². The summed E-state index contributed by atoms with van der Waals surface area (Å²) < 4.78 is 6.83. The first kappa shape index (κ1) is 9.72. The van der Waals surface area contributed by atoms with Gasteiger partial charge in [-0.05, 0) is 6.08 Å². The average Bonchev–Trinajstić information content (AvgIpc) is 2.73. The molecule has 0 saturated heterocycles. The van der Waals surface area contributed by atoms with Gasteiger partial charge in [0.1, 0.15) is 5.69 Å². The van der Waals surface area contributed by atoms with Gasteiger partial charge < -0.3 is 9.84 Å². The van der Waals surface area contributed by atoms with Crippen LogP contribution >= 0.6 is 11.3 Å². The number of ether oxygens (including phenoxy) is 1. The molecule has 0 aliphatic heterocycles. The number of carboxylic acid groups (broad SMARTS) is 1. The maximum absolute atomic E-state index is 10.4. The molecule has 0 aliphatic carbocycles. The Morgan fingerprint density at radius 3 is 3.20 bits per heavy atom. The normalized spacial score (nSPS) is 11.3. The van der Waals surface area contributed by atoms with E-state index in [1.54, 1.807) is 4.40 Å². The number of methoxy groups -OCH3 is 1. The second-order valence-electron chi connectivity index (χ2n) is 2.73. The van der Waals surface area contributed by atoms with Crippen LogP contribution in [-0.4, -0.2) is 27.6 Å². The number of rotatable bonds is 3. The molecule has 0 bridgehead atoms. The van der Waals surface area contributed by atoms with Gasteiger partial charge in [-0.2, -0.15) is 4.98 Å². The molecule has 0 aromatic carbocycles. The Labute approximate surface area is 89.2 Å². The summed E-state index contributed by atoms with van der Waals surface area (Å²) in [6, 6.07) is 0. The van der Waals surface area contributed by atoms with E-state index in [2.05, 4.69) is 4.98 Å². The van der Waals surface area contributed by atoms with Crippen LogP contribution in [0.3, 0.4) is 0 Å². The fourth-order valence-electron chi connectivity index (χ4n) is 1.24. The average molecular weight is 224 g/mol. The topological polar surface area (TPSA) is 63.8 Å². The largest absolute Gasteiger partial charge is 0.479 e. The van der Waals surface area contributed by atoms with Crippen molar-refractivity contribution >= 4 is 28.3 Å². The Balaban J connectivity index is 2.54. The standard InChI is InChI=1S/C9H8N2O3S/c1-14-8-6(2-3-7(12)13)11-4-5-15-9(11)10-8/h2-5H,1H3,(H,12,13). The Morgan fingerprint density at radius 2 is 2.53 bits per heavy atom. The quantitative estimate of drug-likeness (QED) is 0.802. The first-order valence-electron chi connectivity index (χ1n) is 4.13. The summed E-state index contributed by atoms with van der Waals surface area (Å²) in [5.41, 5.74) is 0.635. The van der Waals surface area contributed by atoms with Gasteiger partial charge in [0.05, 0.1) is 7.11 Å². The minimum Gasteiger partial charge on any atom is -0.479 e. The Morgan fingerprint density at radius 1 is 1.73 bits per heavy atom. The second kappa shape index (κ2) is 3.74. The molecule has 5 nitrogen and oxygen atoms in total. The number of aliphatic carboxylic acids is 1. The van der Waals surface area contributed by atoms with Crippen LogP contribution < -0.4 is 4.74 Å². The Bertz CT molecular complexity index is 526. The SMILES string of the molecule is COc1nc2sccn2c1C=CC(=O)O. The number of hydrogen-bond donors (Lipinski definition) is 1.